The number of halogens is 2. The van der Waals surface area contributed by atoms with Gasteiger partial charge >= 0.3 is 5.97 Å². The maximum absolute atomic E-state index is 11.8. The largest absolute Gasteiger partial charge is 0.488 e. The number of hydrogen-bond acceptors (Lipinski definition) is 7. The molecule has 0 saturated carbocycles. The highest BCUT2D eigenvalue weighted by atomic mass is 35.5. The molecular formula is C20H15Cl2N3O4S. The van der Waals surface area contributed by atoms with Crippen molar-refractivity contribution in [3.8, 4) is 5.75 Å². The fourth-order valence-corrected chi connectivity index (χ4v) is 3.50. The summed E-state index contributed by atoms with van der Waals surface area (Å²) in [5, 5.41) is 11.8. The van der Waals surface area contributed by atoms with Gasteiger partial charge in [-0.05, 0) is 36.0 Å². The van der Waals surface area contributed by atoms with Crippen LogP contribution >= 0.6 is 35.0 Å². The molecular weight excluding hydrogens is 449 g/mol. The molecule has 0 aromatic heterocycles. The topological polar surface area (TPSA) is 89.3 Å². The second-order valence-electron chi connectivity index (χ2n) is 5.80. The van der Waals surface area contributed by atoms with Crippen molar-refractivity contribution >= 4 is 58.2 Å². The summed E-state index contributed by atoms with van der Waals surface area (Å²) >= 11 is 13.1. The Morgan fingerprint density at radius 3 is 2.80 bits per heavy atom. The van der Waals surface area contributed by atoms with E-state index in [1.807, 2.05) is 18.2 Å². The first-order chi connectivity index (χ1) is 14.5. The van der Waals surface area contributed by atoms with Crippen LogP contribution in [-0.4, -0.2) is 30.4 Å². The van der Waals surface area contributed by atoms with E-state index in [0.29, 0.717) is 21.4 Å². The van der Waals surface area contributed by atoms with E-state index in [4.69, 9.17) is 27.9 Å². The molecule has 2 aromatic carbocycles. The normalized spacial score (nSPS) is 16.3. The molecule has 154 valence electrons. The molecule has 1 amide bonds. The van der Waals surface area contributed by atoms with Crippen LogP contribution in [0, 0.1) is 0 Å². The van der Waals surface area contributed by atoms with Crippen LogP contribution in [0.4, 0.5) is 0 Å². The molecule has 0 bridgehead atoms. The number of ether oxygens (including phenoxy) is 2. The number of nitrogens with zero attached hydrogens (tertiary/aromatic N) is 2. The second-order valence-corrected chi connectivity index (χ2v) is 7.67. The monoisotopic (exact) mass is 463 g/mol. The Morgan fingerprint density at radius 2 is 2.03 bits per heavy atom. The van der Waals surface area contributed by atoms with Crippen molar-refractivity contribution in [3.05, 3.63) is 74.6 Å². The highest BCUT2D eigenvalue weighted by Gasteiger charge is 2.25. The highest BCUT2D eigenvalue weighted by Crippen LogP contribution is 2.25. The van der Waals surface area contributed by atoms with Gasteiger partial charge in [0.25, 0.3) is 5.91 Å². The molecule has 0 aliphatic carbocycles. The lowest BCUT2D eigenvalue weighted by atomic mass is 10.2. The number of amidine groups is 1. The quantitative estimate of drug-likeness (QED) is 0.300. The minimum atomic E-state index is -0.621. The fraction of sp³-hybridized carbons (Fsp3) is 0.100. The molecule has 1 aliphatic heterocycles. The van der Waals surface area contributed by atoms with E-state index in [1.165, 1.54) is 13.3 Å². The molecule has 1 N–H and O–H groups in total. The van der Waals surface area contributed by atoms with Crippen LogP contribution in [0.1, 0.15) is 11.1 Å². The van der Waals surface area contributed by atoms with E-state index in [0.717, 1.165) is 23.4 Å². The molecule has 10 heteroatoms. The first-order valence-electron chi connectivity index (χ1n) is 8.52. The Morgan fingerprint density at radius 1 is 1.23 bits per heavy atom. The molecule has 2 aromatic rings. The maximum atomic E-state index is 11.8. The van der Waals surface area contributed by atoms with Crippen molar-refractivity contribution in [2.45, 2.75) is 6.61 Å². The Kier molecular flexibility index (Phi) is 7.51. The van der Waals surface area contributed by atoms with Gasteiger partial charge < -0.3 is 9.47 Å². The number of carbonyl (C=O) groups excluding carboxylic acids is 2. The predicted molar refractivity (Wildman–Crippen MR) is 118 cm³/mol. The number of hydrogen-bond donors (Lipinski definition) is 1. The van der Waals surface area contributed by atoms with Gasteiger partial charge in [0.2, 0.25) is 0 Å². The molecule has 30 heavy (non-hydrogen) atoms. The van der Waals surface area contributed by atoms with E-state index in [-0.39, 0.29) is 16.7 Å². The van der Waals surface area contributed by atoms with Crippen LogP contribution in [0.3, 0.4) is 0 Å². The van der Waals surface area contributed by atoms with E-state index in [9.17, 15) is 9.59 Å². The number of methoxy groups -OCH3 is 1. The lowest BCUT2D eigenvalue weighted by molar-refractivity contribution is -0.135. The van der Waals surface area contributed by atoms with Crippen molar-refractivity contribution < 1.29 is 19.1 Å². The first-order valence-corrected chi connectivity index (χ1v) is 10.1. The summed E-state index contributed by atoms with van der Waals surface area (Å²) < 4.78 is 10.4. The Bertz CT molecular complexity index is 1070. The summed E-state index contributed by atoms with van der Waals surface area (Å²) in [6, 6.07) is 12.5. The third-order valence-electron chi connectivity index (χ3n) is 3.76. The van der Waals surface area contributed by atoms with Crippen molar-refractivity contribution in [1.82, 2.24) is 5.32 Å². The third kappa shape index (κ3) is 5.85. The number of para-hydroxylation sites is 1. The van der Waals surface area contributed by atoms with Crippen molar-refractivity contribution in [1.29, 1.82) is 0 Å². The number of benzene rings is 2. The van der Waals surface area contributed by atoms with E-state index < -0.39 is 11.9 Å². The molecule has 3 rings (SSSR count). The average molecular weight is 464 g/mol. The molecule has 1 aliphatic rings. The van der Waals surface area contributed by atoms with E-state index in [1.54, 1.807) is 24.3 Å². The zero-order chi connectivity index (χ0) is 21.5. The summed E-state index contributed by atoms with van der Waals surface area (Å²) in [6.07, 6.45) is 2.60. The number of rotatable bonds is 6. The lowest BCUT2D eigenvalue weighted by Crippen LogP contribution is -2.19. The maximum Gasteiger partial charge on any atom is 0.331 e. The molecule has 1 saturated heterocycles. The summed E-state index contributed by atoms with van der Waals surface area (Å²) in [6.45, 7) is 0.253. The summed E-state index contributed by atoms with van der Waals surface area (Å²) in [4.78, 5) is 23.3. The highest BCUT2D eigenvalue weighted by molar-refractivity contribution is 8.18. The minimum Gasteiger partial charge on any atom is -0.488 e. The average Bonchev–Trinajstić information content (AvgIpc) is 3.07. The molecule has 0 unspecified atom stereocenters. The van der Waals surface area contributed by atoms with Gasteiger partial charge in [0.15, 0.2) is 5.17 Å². The van der Waals surface area contributed by atoms with Crippen LogP contribution < -0.4 is 10.1 Å². The molecule has 1 heterocycles. The minimum absolute atomic E-state index is 0.180. The van der Waals surface area contributed by atoms with Gasteiger partial charge in [-0.15, -0.1) is 5.10 Å². The van der Waals surface area contributed by atoms with Gasteiger partial charge in [-0.1, -0.05) is 41.4 Å². The van der Waals surface area contributed by atoms with Gasteiger partial charge in [-0.2, -0.15) is 5.10 Å². The Labute approximate surface area is 186 Å². The summed E-state index contributed by atoms with van der Waals surface area (Å²) in [7, 11) is 1.23. The Balaban J connectivity index is 1.68. The van der Waals surface area contributed by atoms with Crippen LogP contribution in [0.2, 0.25) is 10.0 Å². The zero-order valence-corrected chi connectivity index (χ0v) is 17.9. The van der Waals surface area contributed by atoms with Crippen LogP contribution in [0.5, 0.6) is 5.75 Å². The SMILES string of the molecule is COC(=O)/C=C1/S/C(=N\N=Cc2ccccc2OCc2ccc(Cl)cc2Cl)NC1=O. The van der Waals surface area contributed by atoms with E-state index in [2.05, 4.69) is 20.3 Å². The van der Waals surface area contributed by atoms with Crippen LogP contribution in [-0.2, 0) is 20.9 Å². The standard InChI is InChI=1S/C20H15Cl2N3O4S/c1-28-18(26)9-17-19(27)24-20(30-17)25-23-10-12-4-2-3-5-16(12)29-11-13-6-7-14(21)8-15(13)22/h2-10H,11H2,1H3,(H,24,25,27)/b17-9+,23-10?. The second kappa shape index (κ2) is 10.3. The number of thioether (sulfide) groups is 1. The third-order valence-corrected chi connectivity index (χ3v) is 5.25. The van der Waals surface area contributed by atoms with Crippen LogP contribution in [0.25, 0.3) is 0 Å². The predicted octanol–water partition coefficient (Wildman–Crippen LogP) is 4.18. The van der Waals surface area contributed by atoms with Crippen molar-refractivity contribution in [3.63, 3.8) is 0 Å². The smallest absolute Gasteiger partial charge is 0.331 e. The number of nitrogens with one attached hydrogen (secondary N) is 1. The van der Waals surface area contributed by atoms with E-state index >= 15 is 0 Å². The first kappa shape index (κ1) is 21.9. The molecule has 7 nitrogen and oxygen atoms in total. The van der Waals surface area contributed by atoms with Crippen molar-refractivity contribution in [2.75, 3.05) is 7.11 Å². The van der Waals surface area contributed by atoms with Gasteiger partial charge in [-0.25, -0.2) is 4.79 Å². The van der Waals surface area contributed by atoms with Crippen LogP contribution in [0.15, 0.2) is 63.6 Å². The number of amides is 1. The lowest BCUT2D eigenvalue weighted by Gasteiger charge is -2.10. The van der Waals surface area contributed by atoms with Crippen molar-refractivity contribution in [2.24, 2.45) is 10.2 Å². The summed E-state index contributed by atoms with van der Waals surface area (Å²) in [5.74, 6) is -0.478. The van der Waals surface area contributed by atoms with Gasteiger partial charge in [-0.3, -0.25) is 10.1 Å². The fourth-order valence-electron chi connectivity index (χ4n) is 2.30. The molecule has 0 radical (unpaired) electrons. The van der Waals surface area contributed by atoms with Gasteiger partial charge in [0.1, 0.15) is 12.4 Å². The molecule has 1 fully saturated rings. The van der Waals surface area contributed by atoms with Gasteiger partial charge in [0, 0.05) is 27.2 Å². The number of carbonyl (C=O) groups is 2. The summed E-state index contributed by atoms with van der Waals surface area (Å²) in [5.41, 5.74) is 1.48. The molecule has 0 spiro atoms. The zero-order valence-electron chi connectivity index (χ0n) is 15.6. The molecule has 0 atom stereocenters. The Hall–Kier alpha value is -2.81. The van der Waals surface area contributed by atoms with Gasteiger partial charge in [0.05, 0.1) is 18.2 Å². The number of esters is 1.